The SMILES string of the molecule is O=C(O)C1(c2cc(F)ccc2C(F)(F)F)CCC1. The van der Waals surface area contributed by atoms with E-state index in [1.54, 1.807) is 0 Å². The van der Waals surface area contributed by atoms with Gasteiger partial charge in [-0.25, -0.2) is 4.39 Å². The summed E-state index contributed by atoms with van der Waals surface area (Å²) in [4.78, 5) is 11.2. The molecule has 0 aliphatic heterocycles. The second-order valence-electron chi connectivity index (χ2n) is 4.43. The van der Waals surface area contributed by atoms with Crippen molar-refractivity contribution in [1.82, 2.24) is 0 Å². The molecule has 98 valence electrons. The second-order valence-corrected chi connectivity index (χ2v) is 4.43. The van der Waals surface area contributed by atoms with E-state index in [9.17, 15) is 22.4 Å². The Balaban J connectivity index is 2.62. The van der Waals surface area contributed by atoms with Crippen LogP contribution in [0.2, 0.25) is 0 Å². The summed E-state index contributed by atoms with van der Waals surface area (Å²) in [6, 6.07) is 1.99. The fraction of sp³-hybridized carbons (Fsp3) is 0.417. The van der Waals surface area contributed by atoms with Gasteiger partial charge in [0.1, 0.15) is 5.82 Å². The average molecular weight is 262 g/mol. The Kier molecular flexibility index (Phi) is 2.83. The van der Waals surface area contributed by atoms with Crippen molar-refractivity contribution in [1.29, 1.82) is 0 Å². The highest BCUT2D eigenvalue weighted by Gasteiger charge is 2.50. The van der Waals surface area contributed by atoms with Gasteiger partial charge < -0.3 is 5.11 Å². The van der Waals surface area contributed by atoms with Crippen molar-refractivity contribution in [2.45, 2.75) is 30.9 Å². The highest BCUT2D eigenvalue weighted by Crippen LogP contribution is 2.48. The van der Waals surface area contributed by atoms with Crippen LogP contribution in [0.25, 0.3) is 0 Å². The van der Waals surface area contributed by atoms with E-state index in [2.05, 4.69) is 0 Å². The Morgan fingerprint density at radius 2 is 1.89 bits per heavy atom. The van der Waals surface area contributed by atoms with E-state index >= 15 is 0 Å². The number of rotatable bonds is 2. The molecule has 1 aliphatic carbocycles. The van der Waals surface area contributed by atoms with Gasteiger partial charge in [0.05, 0.1) is 11.0 Å². The first-order chi connectivity index (χ1) is 8.27. The van der Waals surface area contributed by atoms with Crippen molar-refractivity contribution in [3.63, 3.8) is 0 Å². The van der Waals surface area contributed by atoms with Gasteiger partial charge >= 0.3 is 12.1 Å². The average Bonchev–Trinajstić information content (AvgIpc) is 2.12. The van der Waals surface area contributed by atoms with Crippen LogP contribution in [0.3, 0.4) is 0 Å². The van der Waals surface area contributed by atoms with Gasteiger partial charge in [0.25, 0.3) is 0 Å². The molecule has 1 saturated carbocycles. The maximum atomic E-state index is 13.1. The van der Waals surface area contributed by atoms with E-state index < -0.39 is 34.5 Å². The smallest absolute Gasteiger partial charge is 0.416 e. The van der Waals surface area contributed by atoms with Crippen LogP contribution in [0.5, 0.6) is 0 Å². The summed E-state index contributed by atoms with van der Waals surface area (Å²) in [6.45, 7) is 0. The lowest BCUT2D eigenvalue weighted by atomic mass is 9.63. The van der Waals surface area contributed by atoms with Gasteiger partial charge in [0.15, 0.2) is 0 Å². The van der Waals surface area contributed by atoms with Crippen molar-refractivity contribution < 1.29 is 27.5 Å². The molecule has 1 aromatic carbocycles. The summed E-state index contributed by atoms with van der Waals surface area (Å²) >= 11 is 0. The standard InChI is InChI=1S/C12H10F4O2/c13-7-2-3-8(12(14,15)16)9(6-7)11(10(17)18)4-1-5-11/h2-3,6H,1,4-5H2,(H,17,18). The third-order valence-corrected chi connectivity index (χ3v) is 3.42. The van der Waals surface area contributed by atoms with Crippen molar-refractivity contribution in [2.24, 2.45) is 0 Å². The number of benzene rings is 1. The normalized spacial score (nSPS) is 18.2. The topological polar surface area (TPSA) is 37.3 Å². The van der Waals surface area contributed by atoms with Gasteiger partial charge in [-0.05, 0) is 36.6 Å². The Hall–Kier alpha value is -1.59. The lowest BCUT2D eigenvalue weighted by Gasteiger charge is -2.39. The Labute approximate surface area is 100 Å². The Bertz CT molecular complexity index is 489. The lowest BCUT2D eigenvalue weighted by Crippen LogP contribution is -2.43. The van der Waals surface area contributed by atoms with Crippen molar-refractivity contribution in [3.05, 3.63) is 35.1 Å². The quantitative estimate of drug-likeness (QED) is 0.830. The molecule has 0 heterocycles. The van der Waals surface area contributed by atoms with Crippen molar-refractivity contribution in [3.8, 4) is 0 Å². The van der Waals surface area contributed by atoms with Gasteiger partial charge in [0.2, 0.25) is 0 Å². The molecule has 0 amide bonds. The summed E-state index contributed by atoms with van der Waals surface area (Å²) in [6.07, 6.45) is -3.94. The highest BCUT2D eigenvalue weighted by molar-refractivity contribution is 5.83. The molecule has 0 spiro atoms. The summed E-state index contributed by atoms with van der Waals surface area (Å²) in [5, 5.41) is 9.13. The first-order valence-corrected chi connectivity index (χ1v) is 5.38. The number of halogens is 4. The molecular weight excluding hydrogens is 252 g/mol. The fourth-order valence-corrected chi connectivity index (χ4v) is 2.29. The van der Waals surface area contributed by atoms with Gasteiger partial charge in [-0.1, -0.05) is 6.42 Å². The van der Waals surface area contributed by atoms with Crippen LogP contribution in [-0.2, 0) is 16.4 Å². The predicted octanol–water partition coefficient (Wildman–Crippen LogP) is 3.35. The number of carboxylic acids is 1. The number of hydrogen-bond donors (Lipinski definition) is 1. The largest absolute Gasteiger partial charge is 0.481 e. The van der Waals surface area contributed by atoms with Crippen LogP contribution < -0.4 is 0 Å². The van der Waals surface area contributed by atoms with Gasteiger partial charge in [-0.2, -0.15) is 13.2 Å². The maximum Gasteiger partial charge on any atom is 0.416 e. The molecule has 1 aromatic rings. The van der Waals surface area contributed by atoms with E-state index in [0.29, 0.717) is 24.6 Å². The van der Waals surface area contributed by atoms with Crippen LogP contribution >= 0.6 is 0 Å². The zero-order valence-corrected chi connectivity index (χ0v) is 9.22. The summed E-state index contributed by atoms with van der Waals surface area (Å²) in [5.74, 6) is -2.18. The number of aliphatic carboxylic acids is 1. The minimum Gasteiger partial charge on any atom is -0.481 e. The number of hydrogen-bond acceptors (Lipinski definition) is 1. The molecule has 0 bridgehead atoms. The van der Waals surface area contributed by atoms with E-state index in [1.165, 1.54) is 0 Å². The molecule has 0 unspecified atom stereocenters. The molecule has 6 heteroatoms. The molecule has 2 rings (SSSR count). The van der Waals surface area contributed by atoms with Crippen molar-refractivity contribution >= 4 is 5.97 Å². The summed E-state index contributed by atoms with van der Waals surface area (Å²) in [5.41, 5.74) is -3.12. The third-order valence-electron chi connectivity index (χ3n) is 3.42. The molecule has 2 nitrogen and oxygen atoms in total. The molecule has 1 fully saturated rings. The number of carbonyl (C=O) groups is 1. The zero-order valence-electron chi connectivity index (χ0n) is 9.22. The molecule has 0 aromatic heterocycles. The van der Waals surface area contributed by atoms with Crippen LogP contribution in [0, 0.1) is 5.82 Å². The van der Waals surface area contributed by atoms with Crippen molar-refractivity contribution in [2.75, 3.05) is 0 Å². The highest BCUT2D eigenvalue weighted by atomic mass is 19.4. The molecule has 0 atom stereocenters. The molecule has 1 aliphatic rings. The number of alkyl halides is 3. The monoisotopic (exact) mass is 262 g/mol. The molecular formula is C12H10F4O2. The Morgan fingerprint density at radius 1 is 1.28 bits per heavy atom. The molecule has 0 saturated heterocycles. The first kappa shape index (κ1) is 12.9. The van der Waals surface area contributed by atoms with Crippen LogP contribution in [0.4, 0.5) is 17.6 Å². The van der Waals surface area contributed by atoms with Crippen LogP contribution in [0.1, 0.15) is 30.4 Å². The summed E-state index contributed by atoms with van der Waals surface area (Å²) in [7, 11) is 0. The van der Waals surface area contributed by atoms with Crippen LogP contribution in [0.15, 0.2) is 18.2 Å². The van der Waals surface area contributed by atoms with E-state index in [0.717, 1.165) is 0 Å². The van der Waals surface area contributed by atoms with E-state index in [4.69, 9.17) is 5.11 Å². The third kappa shape index (κ3) is 1.85. The minimum absolute atomic E-state index is 0.106. The minimum atomic E-state index is -4.68. The summed E-state index contributed by atoms with van der Waals surface area (Å²) < 4.78 is 51.6. The van der Waals surface area contributed by atoms with Gasteiger partial charge in [0, 0.05) is 0 Å². The number of carboxylic acid groups (broad SMARTS) is 1. The van der Waals surface area contributed by atoms with Gasteiger partial charge in [-0.15, -0.1) is 0 Å². The maximum absolute atomic E-state index is 13.1. The molecule has 18 heavy (non-hydrogen) atoms. The first-order valence-electron chi connectivity index (χ1n) is 5.38. The molecule has 1 N–H and O–H groups in total. The fourth-order valence-electron chi connectivity index (χ4n) is 2.29. The lowest BCUT2D eigenvalue weighted by molar-refractivity contribution is -0.149. The zero-order chi connectivity index (χ0) is 13.6. The predicted molar refractivity (Wildman–Crippen MR) is 54.6 cm³/mol. The van der Waals surface area contributed by atoms with E-state index in [1.807, 2.05) is 0 Å². The Morgan fingerprint density at radius 3 is 2.28 bits per heavy atom. The molecule has 0 radical (unpaired) electrons. The van der Waals surface area contributed by atoms with Gasteiger partial charge in [-0.3, -0.25) is 4.79 Å². The second kappa shape index (κ2) is 3.96. The van der Waals surface area contributed by atoms with Crippen LogP contribution in [-0.4, -0.2) is 11.1 Å². The van der Waals surface area contributed by atoms with E-state index in [-0.39, 0.29) is 12.8 Å².